The zero-order valence-electron chi connectivity index (χ0n) is 18.4. The van der Waals surface area contributed by atoms with Crippen molar-refractivity contribution in [2.45, 2.75) is 31.3 Å². The van der Waals surface area contributed by atoms with E-state index in [0.717, 1.165) is 10.8 Å². The van der Waals surface area contributed by atoms with Gasteiger partial charge in [-0.25, -0.2) is 13.1 Å². The minimum absolute atomic E-state index is 0.107. The molecule has 0 saturated heterocycles. The van der Waals surface area contributed by atoms with E-state index in [2.05, 4.69) is 10.0 Å². The van der Waals surface area contributed by atoms with E-state index in [1.54, 1.807) is 36.4 Å². The van der Waals surface area contributed by atoms with Crippen LogP contribution in [0, 0.1) is 0 Å². The number of rotatable bonds is 10. The molecule has 174 valence electrons. The van der Waals surface area contributed by atoms with Gasteiger partial charge in [0.05, 0.1) is 23.6 Å². The number of benzene rings is 3. The molecular formula is C24H26N2O6S. The Balaban J connectivity index is 1.50. The summed E-state index contributed by atoms with van der Waals surface area (Å²) in [5, 5.41) is 4.39. The first-order valence-corrected chi connectivity index (χ1v) is 12.0. The molecule has 9 heteroatoms. The van der Waals surface area contributed by atoms with Gasteiger partial charge in [-0.1, -0.05) is 42.5 Å². The van der Waals surface area contributed by atoms with Crippen LogP contribution in [0.1, 0.15) is 20.3 Å². The molecule has 1 atom stereocenters. The quantitative estimate of drug-likeness (QED) is 0.439. The van der Waals surface area contributed by atoms with E-state index in [9.17, 15) is 18.0 Å². The van der Waals surface area contributed by atoms with Gasteiger partial charge in [-0.2, -0.15) is 0 Å². The Bertz CT molecular complexity index is 1240. The number of hydrogen-bond donors (Lipinski definition) is 2. The summed E-state index contributed by atoms with van der Waals surface area (Å²) in [4.78, 5) is 24.6. The number of hydrogen-bond acceptors (Lipinski definition) is 6. The lowest BCUT2D eigenvalue weighted by Gasteiger charge is -2.15. The third-order valence-corrected chi connectivity index (χ3v) is 6.23. The predicted molar refractivity (Wildman–Crippen MR) is 126 cm³/mol. The highest BCUT2D eigenvalue weighted by molar-refractivity contribution is 7.89. The summed E-state index contributed by atoms with van der Waals surface area (Å²) in [5.74, 6) is -0.709. The summed E-state index contributed by atoms with van der Waals surface area (Å²) >= 11 is 0. The molecule has 0 aliphatic carbocycles. The fourth-order valence-corrected chi connectivity index (χ4v) is 4.17. The molecular weight excluding hydrogens is 444 g/mol. The van der Waals surface area contributed by atoms with Gasteiger partial charge in [0.15, 0.2) is 6.10 Å². The third kappa shape index (κ3) is 6.53. The van der Waals surface area contributed by atoms with Crippen LogP contribution in [0.3, 0.4) is 0 Å². The lowest BCUT2D eigenvalue weighted by atomic mass is 10.1. The third-order valence-electron chi connectivity index (χ3n) is 4.77. The summed E-state index contributed by atoms with van der Waals surface area (Å²) in [6, 6.07) is 19.2. The van der Waals surface area contributed by atoms with Gasteiger partial charge in [-0.05, 0) is 48.9 Å². The standard InChI is InChI=1S/C24H26N2O6S/c1-3-31-22-11-7-6-10-21(22)26-24(28)17(2)32-23(27)14-15-25-33(29,30)20-13-12-18-8-4-5-9-19(18)16-20/h4-13,16-17,25H,3,14-15H2,1-2H3,(H,26,28). The number of carbonyl (C=O) groups excluding carboxylic acids is 2. The van der Waals surface area contributed by atoms with Crippen molar-refractivity contribution >= 4 is 38.4 Å². The zero-order chi connectivity index (χ0) is 23.8. The van der Waals surface area contributed by atoms with Crippen molar-refractivity contribution in [2.75, 3.05) is 18.5 Å². The second kappa shape index (κ2) is 10.9. The number of nitrogens with one attached hydrogen (secondary N) is 2. The Morgan fingerprint density at radius 2 is 1.67 bits per heavy atom. The van der Waals surface area contributed by atoms with Gasteiger partial charge < -0.3 is 14.8 Å². The fourth-order valence-electron chi connectivity index (χ4n) is 3.10. The average Bonchev–Trinajstić information content (AvgIpc) is 2.80. The number of carbonyl (C=O) groups is 2. The number of sulfonamides is 1. The van der Waals surface area contributed by atoms with E-state index in [-0.39, 0.29) is 17.9 Å². The maximum atomic E-state index is 12.5. The van der Waals surface area contributed by atoms with Gasteiger partial charge in [-0.3, -0.25) is 9.59 Å². The first-order valence-electron chi connectivity index (χ1n) is 10.5. The van der Waals surface area contributed by atoms with Crippen LogP contribution in [-0.4, -0.2) is 39.5 Å². The lowest BCUT2D eigenvalue weighted by molar-refractivity contribution is -0.152. The van der Waals surface area contributed by atoms with Crippen molar-refractivity contribution in [3.8, 4) is 5.75 Å². The summed E-state index contributed by atoms with van der Waals surface area (Å²) in [6.45, 7) is 3.55. The maximum absolute atomic E-state index is 12.5. The molecule has 0 spiro atoms. The first-order chi connectivity index (χ1) is 15.8. The molecule has 0 heterocycles. The van der Waals surface area contributed by atoms with Gasteiger partial charge in [0.1, 0.15) is 5.75 Å². The second-order valence-electron chi connectivity index (χ2n) is 7.21. The first kappa shape index (κ1) is 24.2. The number of para-hydroxylation sites is 2. The van der Waals surface area contributed by atoms with E-state index in [0.29, 0.717) is 18.0 Å². The number of ether oxygens (including phenoxy) is 2. The molecule has 0 fully saturated rings. The minimum Gasteiger partial charge on any atom is -0.492 e. The molecule has 2 N–H and O–H groups in total. The Morgan fingerprint density at radius 1 is 0.970 bits per heavy atom. The van der Waals surface area contributed by atoms with Crippen molar-refractivity contribution in [2.24, 2.45) is 0 Å². The molecule has 0 bridgehead atoms. The van der Waals surface area contributed by atoms with Gasteiger partial charge in [0, 0.05) is 6.54 Å². The molecule has 3 aromatic rings. The van der Waals surface area contributed by atoms with Crippen LogP contribution in [0.2, 0.25) is 0 Å². The molecule has 0 aromatic heterocycles. The Labute approximate surface area is 193 Å². The average molecular weight is 471 g/mol. The predicted octanol–water partition coefficient (Wildman–Crippen LogP) is 3.48. The maximum Gasteiger partial charge on any atom is 0.307 e. The smallest absolute Gasteiger partial charge is 0.307 e. The summed E-state index contributed by atoms with van der Waals surface area (Å²) in [7, 11) is -3.79. The zero-order valence-corrected chi connectivity index (χ0v) is 19.2. The Hall–Kier alpha value is -3.43. The van der Waals surface area contributed by atoms with Crippen LogP contribution < -0.4 is 14.8 Å². The summed E-state index contributed by atoms with van der Waals surface area (Å²) in [5.41, 5.74) is 0.468. The normalized spacial score (nSPS) is 12.2. The van der Waals surface area contributed by atoms with E-state index < -0.39 is 28.0 Å². The van der Waals surface area contributed by atoms with Crippen molar-refractivity contribution in [3.05, 3.63) is 66.7 Å². The van der Waals surface area contributed by atoms with Gasteiger partial charge in [-0.15, -0.1) is 0 Å². The van der Waals surface area contributed by atoms with Crippen LogP contribution in [0.4, 0.5) is 5.69 Å². The number of anilines is 1. The molecule has 3 aromatic carbocycles. The fraction of sp³-hybridized carbons (Fsp3) is 0.250. The van der Waals surface area contributed by atoms with Crippen LogP contribution in [0.15, 0.2) is 71.6 Å². The highest BCUT2D eigenvalue weighted by Gasteiger charge is 2.20. The Morgan fingerprint density at radius 3 is 2.42 bits per heavy atom. The molecule has 3 rings (SSSR count). The molecule has 33 heavy (non-hydrogen) atoms. The van der Waals surface area contributed by atoms with E-state index >= 15 is 0 Å². The molecule has 0 radical (unpaired) electrons. The molecule has 1 amide bonds. The highest BCUT2D eigenvalue weighted by Crippen LogP contribution is 2.24. The van der Waals surface area contributed by atoms with Crippen LogP contribution >= 0.6 is 0 Å². The second-order valence-corrected chi connectivity index (χ2v) is 8.97. The van der Waals surface area contributed by atoms with E-state index in [1.165, 1.54) is 13.0 Å². The van der Waals surface area contributed by atoms with Crippen LogP contribution in [-0.2, 0) is 24.3 Å². The monoisotopic (exact) mass is 470 g/mol. The molecule has 1 unspecified atom stereocenters. The van der Waals surface area contributed by atoms with E-state index in [1.807, 2.05) is 31.2 Å². The van der Waals surface area contributed by atoms with E-state index in [4.69, 9.17) is 9.47 Å². The minimum atomic E-state index is -3.79. The number of fused-ring (bicyclic) bond motifs is 1. The topological polar surface area (TPSA) is 111 Å². The van der Waals surface area contributed by atoms with Crippen molar-refractivity contribution in [1.29, 1.82) is 0 Å². The van der Waals surface area contributed by atoms with Crippen LogP contribution in [0.25, 0.3) is 10.8 Å². The summed E-state index contributed by atoms with van der Waals surface area (Å²) < 4.78 is 38.1. The highest BCUT2D eigenvalue weighted by atomic mass is 32.2. The van der Waals surface area contributed by atoms with Crippen LogP contribution in [0.5, 0.6) is 5.75 Å². The molecule has 8 nitrogen and oxygen atoms in total. The van der Waals surface area contributed by atoms with Gasteiger partial charge >= 0.3 is 5.97 Å². The largest absolute Gasteiger partial charge is 0.492 e. The molecule has 0 aliphatic heterocycles. The van der Waals surface area contributed by atoms with Gasteiger partial charge in [0.2, 0.25) is 10.0 Å². The van der Waals surface area contributed by atoms with Crippen molar-refractivity contribution in [3.63, 3.8) is 0 Å². The van der Waals surface area contributed by atoms with Crippen molar-refractivity contribution < 1.29 is 27.5 Å². The number of amides is 1. The molecule has 0 saturated carbocycles. The Kier molecular flexibility index (Phi) is 8.02. The number of esters is 1. The SMILES string of the molecule is CCOc1ccccc1NC(=O)C(C)OC(=O)CCNS(=O)(=O)c1ccc2ccccc2c1. The van der Waals surface area contributed by atoms with Gasteiger partial charge in [0.25, 0.3) is 5.91 Å². The lowest BCUT2D eigenvalue weighted by Crippen LogP contribution is -2.32. The van der Waals surface area contributed by atoms with Crippen molar-refractivity contribution in [1.82, 2.24) is 4.72 Å². The summed E-state index contributed by atoms with van der Waals surface area (Å²) in [6.07, 6.45) is -1.29. The molecule has 0 aliphatic rings.